The highest BCUT2D eigenvalue weighted by Gasteiger charge is 2.37. The highest BCUT2D eigenvalue weighted by Crippen LogP contribution is 2.23. The van der Waals surface area contributed by atoms with Gasteiger partial charge >= 0.3 is 0 Å². The lowest BCUT2D eigenvalue weighted by Crippen LogP contribution is -2.59. The summed E-state index contributed by atoms with van der Waals surface area (Å²) in [5.74, 6) is -0.278. The van der Waals surface area contributed by atoms with Crippen LogP contribution in [-0.4, -0.2) is 42.1 Å². The Morgan fingerprint density at radius 2 is 2.10 bits per heavy atom. The fraction of sp³-hybridized carbons (Fsp3) is 0.533. The molecule has 1 aromatic rings. The minimum Gasteiger partial charge on any atom is -0.373 e. The largest absolute Gasteiger partial charge is 0.373 e. The summed E-state index contributed by atoms with van der Waals surface area (Å²) < 4.78 is 18.5. The Kier molecular flexibility index (Phi) is 4.40. The minimum atomic E-state index is -0.344. The molecule has 0 bridgehead atoms. The second-order valence-corrected chi connectivity index (χ2v) is 5.79. The van der Waals surface area contributed by atoms with Gasteiger partial charge in [0.05, 0.1) is 24.7 Å². The van der Waals surface area contributed by atoms with Crippen molar-refractivity contribution in [3.05, 3.63) is 35.6 Å². The van der Waals surface area contributed by atoms with Crippen LogP contribution in [0.1, 0.15) is 19.4 Å². The molecule has 4 nitrogen and oxygen atoms in total. The molecule has 1 amide bonds. The summed E-state index contributed by atoms with van der Waals surface area (Å²) >= 11 is 0. The average Bonchev–Trinajstić information content (AvgIpc) is 2.41. The molecule has 0 saturated carbocycles. The zero-order valence-corrected chi connectivity index (χ0v) is 11.9. The van der Waals surface area contributed by atoms with Gasteiger partial charge in [0.15, 0.2) is 0 Å². The number of ether oxygens (including phenoxy) is 1. The third kappa shape index (κ3) is 3.35. The van der Waals surface area contributed by atoms with Gasteiger partial charge in [0.2, 0.25) is 5.91 Å². The number of carbonyl (C=O) groups is 1. The normalized spacial score (nSPS) is 21.8. The topological polar surface area (TPSA) is 55.6 Å². The first-order valence-electron chi connectivity index (χ1n) is 6.79. The van der Waals surface area contributed by atoms with Gasteiger partial charge in [0.1, 0.15) is 5.82 Å². The number of hydrogen-bond acceptors (Lipinski definition) is 3. The van der Waals surface area contributed by atoms with Crippen molar-refractivity contribution in [3.8, 4) is 0 Å². The van der Waals surface area contributed by atoms with Crippen molar-refractivity contribution in [2.24, 2.45) is 5.73 Å². The molecule has 1 aliphatic heterocycles. The van der Waals surface area contributed by atoms with E-state index in [-0.39, 0.29) is 29.8 Å². The predicted octanol–water partition coefficient (Wildman–Crippen LogP) is 1.33. The first kappa shape index (κ1) is 14.9. The number of rotatable bonds is 3. The molecular formula is C15H21FN2O2. The molecule has 1 unspecified atom stereocenters. The molecule has 1 fully saturated rings. The predicted molar refractivity (Wildman–Crippen MR) is 74.7 cm³/mol. The zero-order valence-electron chi connectivity index (χ0n) is 11.9. The van der Waals surface area contributed by atoms with E-state index in [4.69, 9.17) is 10.5 Å². The molecule has 20 heavy (non-hydrogen) atoms. The molecular weight excluding hydrogens is 259 g/mol. The van der Waals surface area contributed by atoms with Crippen molar-refractivity contribution in [2.75, 3.05) is 19.7 Å². The van der Waals surface area contributed by atoms with Gasteiger partial charge in [-0.05, 0) is 31.5 Å². The van der Waals surface area contributed by atoms with E-state index in [0.717, 1.165) is 5.56 Å². The molecule has 0 spiro atoms. The second-order valence-electron chi connectivity index (χ2n) is 5.79. The zero-order chi connectivity index (χ0) is 14.8. The Morgan fingerprint density at radius 3 is 2.70 bits per heavy atom. The van der Waals surface area contributed by atoms with E-state index in [1.165, 1.54) is 12.1 Å². The van der Waals surface area contributed by atoms with E-state index in [1.807, 2.05) is 18.7 Å². The van der Waals surface area contributed by atoms with E-state index in [2.05, 4.69) is 0 Å². The van der Waals surface area contributed by atoms with Gasteiger partial charge in [-0.2, -0.15) is 0 Å². The molecule has 1 aromatic carbocycles. The Bertz CT molecular complexity index is 473. The summed E-state index contributed by atoms with van der Waals surface area (Å²) in [5, 5.41) is 0. The van der Waals surface area contributed by atoms with Gasteiger partial charge in [-0.3, -0.25) is 4.79 Å². The maximum atomic E-state index is 12.9. The molecule has 0 radical (unpaired) electrons. The molecule has 0 aliphatic carbocycles. The van der Waals surface area contributed by atoms with Crippen LogP contribution in [-0.2, 0) is 16.0 Å². The summed E-state index contributed by atoms with van der Waals surface area (Å²) in [6, 6.07) is 6.02. The van der Waals surface area contributed by atoms with Crippen LogP contribution in [0.5, 0.6) is 0 Å². The third-order valence-corrected chi connectivity index (χ3v) is 3.62. The number of morpholine rings is 1. The summed E-state index contributed by atoms with van der Waals surface area (Å²) in [6.07, 6.45) is 0.154. The smallest absolute Gasteiger partial charge is 0.227 e. The first-order valence-corrected chi connectivity index (χ1v) is 6.79. The molecule has 2 N–H and O–H groups in total. The van der Waals surface area contributed by atoms with Gasteiger partial charge in [0.25, 0.3) is 0 Å². The Labute approximate surface area is 118 Å². The van der Waals surface area contributed by atoms with Crippen molar-refractivity contribution in [3.63, 3.8) is 0 Å². The van der Waals surface area contributed by atoms with Crippen molar-refractivity contribution < 1.29 is 13.9 Å². The van der Waals surface area contributed by atoms with Gasteiger partial charge in [-0.25, -0.2) is 4.39 Å². The molecule has 5 heteroatoms. The van der Waals surface area contributed by atoms with Crippen LogP contribution in [0, 0.1) is 5.82 Å². The lowest BCUT2D eigenvalue weighted by atomic mass is 9.99. The van der Waals surface area contributed by atoms with E-state index >= 15 is 0 Å². The van der Waals surface area contributed by atoms with Crippen LogP contribution in [0.2, 0.25) is 0 Å². The van der Waals surface area contributed by atoms with E-state index in [0.29, 0.717) is 19.7 Å². The van der Waals surface area contributed by atoms with Crippen LogP contribution in [0.4, 0.5) is 4.39 Å². The Hall–Kier alpha value is -1.46. The van der Waals surface area contributed by atoms with Crippen molar-refractivity contribution >= 4 is 5.91 Å². The molecule has 1 heterocycles. The van der Waals surface area contributed by atoms with E-state index in [9.17, 15) is 9.18 Å². The van der Waals surface area contributed by atoms with Crippen LogP contribution in [0.25, 0.3) is 0 Å². The lowest BCUT2D eigenvalue weighted by Gasteiger charge is -2.45. The minimum absolute atomic E-state index is 0.0170. The van der Waals surface area contributed by atoms with Gasteiger partial charge in [-0.1, -0.05) is 12.1 Å². The quantitative estimate of drug-likeness (QED) is 0.909. The SMILES string of the molecule is CC1(C)COC(CN)CN1C(=O)Cc1ccc(F)cc1. The Morgan fingerprint density at radius 1 is 1.45 bits per heavy atom. The van der Waals surface area contributed by atoms with Gasteiger partial charge in [0, 0.05) is 13.1 Å². The van der Waals surface area contributed by atoms with Crippen LogP contribution in [0.15, 0.2) is 24.3 Å². The number of carbonyl (C=O) groups excluding carboxylic acids is 1. The number of benzene rings is 1. The molecule has 110 valence electrons. The summed E-state index contributed by atoms with van der Waals surface area (Å²) in [5.41, 5.74) is 6.08. The molecule has 1 atom stereocenters. The molecule has 1 saturated heterocycles. The summed E-state index contributed by atoms with van der Waals surface area (Å²) in [4.78, 5) is 14.3. The number of amides is 1. The molecule has 0 aromatic heterocycles. The number of halogens is 1. The van der Waals surface area contributed by atoms with Crippen molar-refractivity contribution in [1.82, 2.24) is 4.90 Å². The fourth-order valence-electron chi connectivity index (χ4n) is 2.36. The monoisotopic (exact) mass is 280 g/mol. The highest BCUT2D eigenvalue weighted by molar-refractivity contribution is 5.79. The number of nitrogens with two attached hydrogens (primary N) is 1. The van der Waals surface area contributed by atoms with Crippen molar-refractivity contribution in [2.45, 2.75) is 31.9 Å². The summed E-state index contributed by atoms with van der Waals surface area (Å²) in [7, 11) is 0. The van der Waals surface area contributed by atoms with Crippen LogP contribution in [0.3, 0.4) is 0 Å². The number of nitrogens with zero attached hydrogens (tertiary/aromatic N) is 1. The van der Waals surface area contributed by atoms with Gasteiger partial charge < -0.3 is 15.4 Å². The van der Waals surface area contributed by atoms with E-state index < -0.39 is 0 Å². The fourth-order valence-corrected chi connectivity index (χ4v) is 2.36. The second kappa shape index (κ2) is 5.89. The Balaban J connectivity index is 2.07. The summed E-state index contributed by atoms with van der Waals surface area (Å²) in [6.45, 7) is 5.33. The first-order chi connectivity index (χ1) is 9.42. The lowest BCUT2D eigenvalue weighted by molar-refractivity contribution is -0.152. The van der Waals surface area contributed by atoms with Gasteiger partial charge in [-0.15, -0.1) is 0 Å². The standard InChI is InChI=1S/C15H21FN2O2/c1-15(2)10-20-13(8-17)9-18(15)14(19)7-11-3-5-12(16)6-4-11/h3-6,13H,7-10,17H2,1-2H3. The third-order valence-electron chi connectivity index (χ3n) is 3.62. The molecule has 1 aliphatic rings. The van der Waals surface area contributed by atoms with Crippen molar-refractivity contribution in [1.29, 1.82) is 0 Å². The van der Waals surface area contributed by atoms with E-state index in [1.54, 1.807) is 12.1 Å². The average molecular weight is 280 g/mol. The highest BCUT2D eigenvalue weighted by atomic mass is 19.1. The van der Waals surface area contributed by atoms with Crippen LogP contribution < -0.4 is 5.73 Å². The maximum absolute atomic E-state index is 12.9. The maximum Gasteiger partial charge on any atom is 0.227 e. The number of hydrogen-bond donors (Lipinski definition) is 1. The van der Waals surface area contributed by atoms with Crippen LogP contribution >= 0.6 is 0 Å². The molecule has 2 rings (SSSR count).